The van der Waals surface area contributed by atoms with Crippen LogP contribution in [-0.4, -0.2) is 17.7 Å². The summed E-state index contributed by atoms with van der Waals surface area (Å²) < 4.78 is 0. The van der Waals surface area contributed by atoms with Crippen molar-refractivity contribution in [1.29, 1.82) is 5.41 Å². The number of rotatable bonds is 3. The largest absolute Gasteiger partial charge is 0.319 e. The third kappa shape index (κ3) is 2.40. The van der Waals surface area contributed by atoms with Crippen LogP contribution in [0.5, 0.6) is 0 Å². The molecule has 0 amide bonds. The Morgan fingerprint density at radius 3 is 2.79 bits per heavy atom. The second-order valence-electron chi connectivity index (χ2n) is 2.90. The van der Waals surface area contributed by atoms with Crippen LogP contribution in [0.15, 0.2) is 35.3 Å². The van der Waals surface area contributed by atoms with Crippen molar-refractivity contribution in [3.63, 3.8) is 0 Å². The Kier molecular flexibility index (Phi) is 3.80. The van der Waals surface area contributed by atoms with E-state index in [-0.39, 0.29) is 0 Å². The minimum Gasteiger partial charge on any atom is -0.319 e. The zero-order valence-electron chi connectivity index (χ0n) is 8.21. The van der Waals surface area contributed by atoms with E-state index in [9.17, 15) is 0 Å². The average molecular weight is 211 g/mol. The van der Waals surface area contributed by atoms with Gasteiger partial charge in [0.2, 0.25) is 0 Å². The fourth-order valence-corrected chi connectivity index (χ4v) is 1.18. The first-order valence-electron chi connectivity index (χ1n) is 4.32. The second-order valence-corrected chi connectivity index (χ2v) is 3.28. The van der Waals surface area contributed by atoms with Crippen molar-refractivity contribution < 1.29 is 5.32 Å². The van der Waals surface area contributed by atoms with E-state index in [2.05, 4.69) is 4.98 Å². The lowest BCUT2D eigenvalue weighted by atomic mass is 10.1. The van der Waals surface area contributed by atoms with Crippen molar-refractivity contribution in [3.8, 4) is 0 Å². The van der Waals surface area contributed by atoms with Gasteiger partial charge in [-0.3, -0.25) is 10.4 Å². The number of nitrogens with zero attached hydrogens (tertiary/aromatic N) is 1. The Balaban J connectivity index is 2.98. The number of aromatic nitrogens is 1. The van der Waals surface area contributed by atoms with Crippen molar-refractivity contribution in [3.05, 3.63) is 40.8 Å². The van der Waals surface area contributed by atoms with Gasteiger partial charge in [0.1, 0.15) is 10.7 Å². The van der Waals surface area contributed by atoms with E-state index < -0.39 is 0 Å². The topological polar surface area (TPSA) is 53.4 Å². The highest BCUT2D eigenvalue weighted by Crippen LogP contribution is 2.12. The molecule has 0 unspecified atom stereocenters. The van der Waals surface area contributed by atoms with Gasteiger partial charge in [0, 0.05) is 24.9 Å². The molecule has 0 atom stereocenters. The fourth-order valence-electron chi connectivity index (χ4n) is 0.961. The summed E-state index contributed by atoms with van der Waals surface area (Å²) in [6, 6.07) is 3.61. The maximum atomic E-state index is 7.82. The standard InChI is InChI=1S/C10H12ClN3/c1-7(13-2)9(11)10(12)8-4-3-5-14-6-8/h3-6,12-13H,1-2H3/p+1. The molecule has 4 heteroatoms. The SMILES string of the molecule is C[NH2+]C(C)=C(Cl)C(=N)c1cccnc1. The van der Waals surface area contributed by atoms with Gasteiger partial charge in [-0.05, 0) is 12.1 Å². The molecule has 3 nitrogen and oxygen atoms in total. The van der Waals surface area contributed by atoms with Gasteiger partial charge in [-0.2, -0.15) is 0 Å². The molecule has 74 valence electrons. The number of hydrogen-bond donors (Lipinski definition) is 2. The van der Waals surface area contributed by atoms with Gasteiger partial charge < -0.3 is 5.32 Å². The predicted molar refractivity (Wildman–Crippen MR) is 57.5 cm³/mol. The van der Waals surface area contributed by atoms with E-state index in [0.29, 0.717) is 10.7 Å². The maximum absolute atomic E-state index is 7.82. The fraction of sp³-hybridized carbons (Fsp3) is 0.200. The number of hydrogen-bond acceptors (Lipinski definition) is 2. The smallest absolute Gasteiger partial charge is 0.123 e. The Bertz CT molecular complexity index is 357. The highest BCUT2D eigenvalue weighted by atomic mass is 35.5. The van der Waals surface area contributed by atoms with Crippen LogP contribution in [0.25, 0.3) is 0 Å². The van der Waals surface area contributed by atoms with Crippen LogP contribution in [0, 0.1) is 5.41 Å². The number of halogens is 1. The molecule has 0 aliphatic carbocycles. The Labute approximate surface area is 88.3 Å². The summed E-state index contributed by atoms with van der Waals surface area (Å²) in [5, 5.41) is 10.2. The Morgan fingerprint density at radius 1 is 1.57 bits per heavy atom. The van der Waals surface area contributed by atoms with Gasteiger partial charge >= 0.3 is 0 Å². The van der Waals surface area contributed by atoms with E-state index in [4.69, 9.17) is 17.0 Å². The molecule has 0 spiro atoms. The molecule has 0 radical (unpaired) electrons. The van der Waals surface area contributed by atoms with Gasteiger partial charge in [-0.25, -0.2) is 0 Å². The Morgan fingerprint density at radius 2 is 2.29 bits per heavy atom. The molecule has 14 heavy (non-hydrogen) atoms. The first-order chi connectivity index (χ1) is 6.66. The van der Waals surface area contributed by atoms with E-state index in [0.717, 1.165) is 11.3 Å². The maximum Gasteiger partial charge on any atom is 0.123 e. The van der Waals surface area contributed by atoms with Crippen LogP contribution < -0.4 is 5.32 Å². The van der Waals surface area contributed by atoms with Crippen LogP contribution in [-0.2, 0) is 0 Å². The molecule has 0 saturated carbocycles. The zero-order valence-corrected chi connectivity index (χ0v) is 8.97. The van der Waals surface area contributed by atoms with E-state index in [1.807, 2.05) is 25.4 Å². The second kappa shape index (κ2) is 4.88. The summed E-state index contributed by atoms with van der Waals surface area (Å²) in [6.07, 6.45) is 3.31. The summed E-state index contributed by atoms with van der Waals surface area (Å²) in [4.78, 5) is 3.94. The molecule has 0 aromatic carbocycles. The van der Waals surface area contributed by atoms with E-state index in [1.54, 1.807) is 18.5 Å². The minimum absolute atomic E-state index is 0.315. The quantitative estimate of drug-likeness (QED) is 0.722. The monoisotopic (exact) mass is 210 g/mol. The minimum atomic E-state index is 0.315. The van der Waals surface area contributed by atoms with Crippen LogP contribution in [0.3, 0.4) is 0 Å². The number of nitrogens with two attached hydrogens (primary N) is 1. The Hall–Kier alpha value is -1.19. The van der Waals surface area contributed by atoms with Crippen LogP contribution in [0.4, 0.5) is 0 Å². The van der Waals surface area contributed by atoms with Crippen LogP contribution >= 0.6 is 11.6 Å². The van der Waals surface area contributed by atoms with Crippen LogP contribution in [0.2, 0.25) is 0 Å². The summed E-state index contributed by atoms with van der Waals surface area (Å²) in [5.74, 6) is 0. The number of allylic oxidation sites excluding steroid dienone is 2. The van der Waals surface area contributed by atoms with Crippen molar-refractivity contribution in [2.45, 2.75) is 6.92 Å². The third-order valence-corrected chi connectivity index (χ3v) is 2.44. The zero-order chi connectivity index (χ0) is 10.6. The summed E-state index contributed by atoms with van der Waals surface area (Å²) in [5.41, 5.74) is 1.95. The van der Waals surface area contributed by atoms with Gasteiger partial charge in [0.15, 0.2) is 0 Å². The average Bonchev–Trinajstić information content (AvgIpc) is 2.27. The molecule has 3 N–H and O–H groups in total. The molecule has 1 aromatic rings. The molecule has 0 aliphatic rings. The molecule has 1 heterocycles. The normalized spacial score (nSPS) is 12.2. The molecule has 1 rings (SSSR count). The van der Waals surface area contributed by atoms with Gasteiger partial charge in [-0.15, -0.1) is 0 Å². The summed E-state index contributed by atoms with van der Waals surface area (Å²) in [6.45, 7) is 1.88. The van der Waals surface area contributed by atoms with Gasteiger partial charge in [0.25, 0.3) is 0 Å². The summed E-state index contributed by atoms with van der Waals surface area (Å²) >= 11 is 6.01. The number of quaternary nitrogens is 1. The van der Waals surface area contributed by atoms with Crippen molar-refractivity contribution in [1.82, 2.24) is 4.98 Å². The predicted octanol–water partition coefficient (Wildman–Crippen LogP) is 1.11. The molecule has 0 aliphatic heterocycles. The van der Waals surface area contributed by atoms with Crippen molar-refractivity contribution in [2.75, 3.05) is 7.05 Å². The highest BCUT2D eigenvalue weighted by Gasteiger charge is 2.10. The molecule has 0 saturated heterocycles. The van der Waals surface area contributed by atoms with Gasteiger partial charge in [0.05, 0.1) is 12.8 Å². The molecule has 0 fully saturated rings. The van der Waals surface area contributed by atoms with Gasteiger partial charge in [-0.1, -0.05) is 11.6 Å². The third-order valence-electron chi connectivity index (χ3n) is 1.95. The lowest BCUT2D eigenvalue weighted by Gasteiger charge is -2.03. The first kappa shape index (κ1) is 10.9. The van der Waals surface area contributed by atoms with Crippen molar-refractivity contribution >= 4 is 17.3 Å². The highest BCUT2D eigenvalue weighted by molar-refractivity contribution is 6.45. The summed E-state index contributed by atoms with van der Waals surface area (Å²) in [7, 11) is 1.90. The lowest BCUT2D eigenvalue weighted by Crippen LogP contribution is -2.77. The van der Waals surface area contributed by atoms with E-state index in [1.165, 1.54) is 0 Å². The number of pyridine rings is 1. The molecular formula is C10H13ClN3+. The van der Waals surface area contributed by atoms with Crippen LogP contribution in [0.1, 0.15) is 12.5 Å². The molecule has 1 aromatic heterocycles. The van der Waals surface area contributed by atoms with Crippen molar-refractivity contribution in [2.24, 2.45) is 0 Å². The van der Waals surface area contributed by atoms with E-state index >= 15 is 0 Å². The number of nitrogens with one attached hydrogen (secondary N) is 1. The molecular weight excluding hydrogens is 198 g/mol. The lowest BCUT2D eigenvalue weighted by molar-refractivity contribution is -0.576. The molecule has 0 bridgehead atoms. The first-order valence-corrected chi connectivity index (χ1v) is 4.69.